The van der Waals surface area contributed by atoms with Crippen molar-refractivity contribution in [1.29, 1.82) is 0 Å². The van der Waals surface area contributed by atoms with Crippen molar-refractivity contribution >= 4 is 17.0 Å². The summed E-state index contributed by atoms with van der Waals surface area (Å²) in [6.45, 7) is 7.21. The zero-order valence-electron chi connectivity index (χ0n) is 10.5. The molecule has 0 aliphatic heterocycles. The fraction of sp³-hybridized carbons (Fsp3) is 0.462. The highest BCUT2D eigenvalue weighted by Gasteiger charge is 2.19. The van der Waals surface area contributed by atoms with Gasteiger partial charge in [0.2, 0.25) is 5.95 Å². The average molecular weight is 235 g/mol. The van der Waals surface area contributed by atoms with E-state index in [-0.39, 0.29) is 11.2 Å². The Morgan fingerprint density at radius 3 is 2.76 bits per heavy atom. The highest BCUT2D eigenvalue weighted by molar-refractivity contribution is 5.78. The molecule has 2 rings (SSSR count). The van der Waals surface area contributed by atoms with E-state index in [1.54, 1.807) is 6.07 Å². The van der Waals surface area contributed by atoms with Crippen LogP contribution in [0.15, 0.2) is 18.2 Å². The average Bonchev–Trinajstić information content (AvgIpc) is 2.56. The van der Waals surface area contributed by atoms with Gasteiger partial charge in [-0.25, -0.2) is 9.37 Å². The lowest BCUT2D eigenvalue weighted by Gasteiger charge is -2.24. The van der Waals surface area contributed by atoms with Gasteiger partial charge in [-0.1, -0.05) is 20.8 Å². The lowest BCUT2D eigenvalue weighted by atomic mass is 9.90. The van der Waals surface area contributed by atoms with Crippen LogP contribution in [0.1, 0.15) is 27.2 Å². The molecule has 0 fully saturated rings. The molecule has 0 saturated heterocycles. The Kier molecular flexibility index (Phi) is 2.81. The van der Waals surface area contributed by atoms with Crippen LogP contribution in [0.25, 0.3) is 11.0 Å². The van der Waals surface area contributed by atoms with Crippen LogP contribution in [-0.2, 0) is 6.54 Å². The maximum absolute atomic E-state index is 13.3. The van der Waals surface area contributed by atoms with Gasteiger partial charge in [0, 0.05) is 6.54 Å². The Bertz CT molecular complexity index is 543. The summed E-state index contributed by atoms with van der Waals surface area (Å²) in [5.41, 5.74) is 7.53. The highest BCUT2D eigenvalue weighted by Crippen LogP contribution is 2.27. The number of benzene rings is 1. The number of aromatic nitrogens is 2. The fourth-order valence-corrected chi connectivity index (χ4v) is 1.82. The molecule has 0 radical (unpaired) electrons. The molecule has 0 bridgehead atoms. The lowest BCUT2D eigenvalue weighted by Crippen LogP contribution is -2.19. The number of anilines is 1. The summed E-state index contributed by atoms with van der Waals surface area (Å²) in [6, 6.07) is 4.56. The molecule has 0 amide bonds. The second kappa shape index (κ2) is 4.02. The van der Waals surface area contributed by atoms with Gasteiger partial charge in [0.1, 0.15) is 5.82 Å². The Balaban J connectivity index is 2.52. The molecule has 0 aliphatic rings. The molecule has 0 atom stereocenters. The van der Waals surface area contributed by atoms with E-state index in [0.29, 0.717) is 5.95 Å². The molecule has 1 aromatic heterocycles. The molecule has 0 aliphatic carbocycles. The molecule has 0 unspecified atom stereocenters. The molecular weight excluding hydrogens is 217 g/mol. The van der Waals surface area contributed by atoms with E-state index in [9.17, 15) is 4.39 Å². The quantitative estimate of drug-likeness (QED) is 0.887. The Hall–Kier alpha value is -1.58. The SMILES string of the molecule is CCC(C)(C)Cn1c(N)nc2ccc(F)cc21. The number of fused-ring (bicyclic) bond motifs is 1. The normalized spacial score (nSPS) is 12.2. The largest absolute Gasteiger partial charge is 0.369 e. The second-order valence-corrected chi connectivity index (χ2v) is 5.21. The maximum Gasteiger partial charge on any atom is 0.201 e. The van der Waals surface area contributed by atoms with Crippen LogP contribution < -0.4 is 5.73 Å². The first-order valence-corrected chi connectivity index (χ1v) is 5.84. The number of halogens is 1. The fourth-order valence-electron chi connectivity index (χ4n) is 1.82. The van der Waals surface area contributed by atoms with Crippen LogP contribution in [0.2, 0.25) is 0 Å². The van der Waals surface area contributed by atoms with Crippen molar-refractivity contribution in [2.24, 2.45) is 5.41 Å². The van der Waals surface area contributed by atoms with Crippen LogP contribution in [0, 0.1) is 11.2 Å². The molecule has 2 N–H and O–H groups in total. The van der Waals surface area contributed by atoms with Gasteiger partial charge in [0.15, 0.2) is 0 Å². The van der Waals surface area contributed by atoms with E-state index in [1.165, 1.54) is 12.1 Å². The summed E-state index contributed by atoms with van der Waals surface area (Å²) < 4.78 is 15.1. The highest BCUT2D eigenvalue weighted by atomic mass is 19.1. The number of imidazole rings is 1. The van der Waals surface area contributed by atoms with Gasteiger partial charge in [-0.15, -0.1) is 0 Å². The van der Waals surface area contributed by atoms with Gasteiger partial charge >= 0.3 is 0 Å². The zero-order chi connectivity index (χ0) is 12.6. The van der Waals surface area contributed by atoms with Crippen molar-refractivity contribution in [2.75, 3.05) is 5.73 Å². The summed E-state index contributed by atoms with van der Waals surface area (Å²) in [5.74, 6) is 0.195. The Labute approximate surface area is 100 Å². The number of nitrogens with zero attached hydrogens (tertiary/aromatic N) is 2. The van der Waals surface area contributed by atoms with Crippen LogP contribution in [-0.4, -0.2) is 9.55 Å². The summed E-state index contributed by atoms with van der Waals surface area (Å²) in [6.07, 6.45) is 1.03. The third-order valence-electron chi connectivity index (χ3n) is 3.28. The summed E-state index contributed by atoms with van der Waals surface area (Å²) in [4.78, 5) is 4.25. The van der Waals surface area contributed by atoms with Crippen molar-refractivity contribution in [3.05, 3.63) is 24.0 Å². The molecule has 4 heteroatoms. The second-order valence-electron chi connectivity index (χ2n) is 5.21. The number of hydrogen-bond donors (Lipinski definition) is 1. The number of nitrogens with two attached hydrogens (primary N) is 1. The van der Waals surface area contributed by atoms with Crippen molar-refractivity contribution < 1.29 is 4.39 Å². The van der Waals surface area contributed by atoms with E-state index in [4.69, 9.17) is 5.73 Å². The monoisotopic (exact) mass is 235 g/mol. The minimum absolute atomic E-state index is 0.119. The zero-order valence-corrected chi connectivity index (χ0v) is 10.5. The maximum atomic E-state index is 13.3. The van der Waals surface area contributed by atoms with E-state index in [1.807, 2.05) is 4.57 Å². The standard InChI is InChI=1S/C13H18FN3/c1-4-13(2,3)8-17-11-7-9(14)5-6-10(11)16-12(17)15/h5-7H,4,8H2,1-3H3,(H2,15,16). The van der Waals surface area contributed by atoms with Crippen molar-refractivity contribution in [3.8, 4) is 0 Å². The van der Waals surface area contributed by atoms with E-state index >= 15 is 0 Å². The van der Waals surface area contributed by atoms with Gasteiger partial charge in [0.25, 0.3) is 0 Å². The number of hydrogen-bond acceptors (Lipinski definition) is 2. The molecule has 0 saturated carbocycles. The predicted octanol–water partition coefficient (Wildman–Crippen LogP) is 3.19. The topological polar surface area (TPSA) is 43.8 Å². The molecule has 17 heavy (non-hydrogen) atoms. The van der Waals surface area contributed by atoms with Crippen molar-refractivity contribution in [3.63, 3.8) is 0 Å². The number of rotatable bonds is 3. The molecule has 2 aromatic rings. The molecule has 1 aromatic carbocycles. The van der Waals surface area contributed by atoms with Gasteiger partial charge in [0.05, 0.1) is 11.0 Å². The van der Waals surface area contributed by atoms with Crippen molar-refractivity contribution in [1.82, 2.24) is 9.55 Å². The Morgan fingerprint density at radius 2 is 2.12 bits per heavy atom. The van der Waals surface area contributed by atoms with Crippen LogP contribution in [0.5, 0.6) is 0 Å². The lowest BCUT2D eigenvalue weighted by molar-refractivity contribution is 0.300. The summed E-state index contributed by atoms with van der Waals surface area (Å²) in [7, 11) is 0. The minimum atomic E-state index is -0.257. The molecule has 92 valence electrons. The molecule has 0 spiro atoms. The Morgan fingerprint density at radius 1 is 1.41 bits per heavy atom. The minimum Gasteiger partial charge on any atom is -0.369 e. The van der Waals surface area contributed by atoms with Gasteiger partial charge < -0.3 is 10.3 Å². The predicted molar refractivity (Wildman–Crippen MR) is 68.2 cm³/mol. The summed E-state index contributed by atoms with van der Waals surface area (Å²) >= 11 is 0. The van der Waals surface area contributed by atoms with Crippen molar-refractivity contribution in [2.45, 2.75) is 33.7 Å². The van der Waals surface area contributed by atoms with Gasteiger partial charge in [-0.3, -0.25) is 0 Å². The van der Waals surface area contributed by atoms with Gasteiger partial charge in [-0.2, -0.15) is 0 Å². The smallest absolute Gasteiger partial charge is 0.201 e. The third-order valence-corrected chi connectivity index (χ3v) is 3.28. The van der Waals surface area contributed by atoms with Crippen LogP contribution in [0.3, 0.4) is 0 Å². The van der Waals surface area contributed by atoms with E-state index in [2.05, 4.69) is 25.8 Å². The van der Waals surface area contributed by atoms with Crippen LogP contribution in [0.4, 0.5) is 10.3 Å². The van der Waals surface area contributed by atoms with E-state index in [0.717, 1.165) is 24.0 Å². The first-order valence-electron chi connectivity index (χ1n) is 5.84. The molecular formula is C13H18FN3. The first kappa shape index (κ1) is 11.9. The van der Waals surface area contributed by atoms with Gasteiger partial charge in [-0.05, 0) is 30.0 Å². The molecule has 3 nitrogen and oxygen atoms in total. The third kappa shape index (κ3) is 2.25. The first-order chi connectivity index (χ1) is 7.93. The van der Waals surface area contributed by atoms with E-state index < -0.39 is 0 Å². The molecule has 1 heterocycles. The van der Waals surface area contributed by atoms with Crippen LogP contribution >= 0.6 is 0 Å². The number of nitrogen functional groups attached to an aromatic ring is 1. The summed E-state index contributed by atoms with van der Waals surface area (Å²) in [5, 5.41) is 0.